The molecule has 1 atom stereocenters. The molecule has 1 heteroatoms. The lowest BCUT2D eigenvalue weighted by Crippen LogP contribution is -2.17. The smallest absolute Gasteiger partial charge is 0.0396 e. The van der Waals surface area contributed by atoms with Crippen LogP contribution >= 0.6 is 0 Å². The Kier molecular flexibility index (Phi) is 7.03. The van der Waals surface area contributed by atoms with Crippen LogP contribution in [0.2, 0.25) is 17.6 Å². The summed E-state index contributed by atoms with van der Waals surface area (Å²) in [7, 11) is -0.328. The molecule has 0 spiro atoms. The molecule has 0 N–H and O–H groups in total. The minimum atomic E-state index is -0.328. The quantitative estimate of drug-likeness (QED) is 0.534. The van der Waals surface area contributed by atoms with Gasteiger partial charge in [0.2, 0.25) is 0 Å². The van der Waals surface area contributed by atoms with Crippen LogP contribution in [-0.4, -0.2) is 8.80 Å². The highest BCUT2D eigenvalue weighted by molar-refractivity contribution is 6.60. The Morgan fingerprint density at radius 2 is 1.45 bits per heavy atom. The van der Waals surface area contributed by atoms with Crippen LogP contribution in [0, 0.1) is 0 Å². The fourth-order valence-electron chi connectivity index (χ4n) is 1.79. The van der Waals surface area contributed by atoms with E-state index in [1.807, 2.05) is 0 Å². The Morgan fingerprint density at radius 1 is 1.00 bits per heavy atom. The van der Waals surface area contributed by atoms with Gasteiger partial charge in [-0.15, -0.1) is 0 Å². The first-order chi connectivity index (χ1) is 5.26. The molecule has 68 valence electrons. The third-order valence-electron chi connectivity index (χ3n) is 2.77. The molecule has 0 aromatic rings. The Labute approximate surface area is 74.0 Å². The highest BCUT2D eigenvalue weighted by Crippen LogP contribution is 2.22. The van der Waals surface area contributed by atoms with Gasteiger partial charge in [0.15, 0.2) is 0 Å². The minimum absolute atomic E-state index is 0.328. The monoisotopic (exact) mass is 172 g/mol. The average molecular weight is 172 g/mol. The second-order valence-corrected chi connectivity index (χ2v) is 7.54. The fourth-order valence-corrected chi connectivity index (χ4v) is 5.36. The van der Waals surface area contributed by atoms with Gasteiger partial charge in [-0.1, -0.05) is 64.6 Å². The first-order valence-electron chi connectivity index (χ1n) is 5.26. The van der Waals surface area contributed by atoms with Crippen LogP contribution in [0.5, 0.6) is 0 Å². The highest BCUT2D eigenvalue weighted by atomic mass is 28.3. The summed E-state index contributed by atoms with van der Waals surface area (Å²) in [5, 5.41) is 0. The van der Waals surface area contributed by atoms with Gasteiger partial charge >= 0.3 is 0 Å². The molecule has 0 aromatic carbocycles. The lowest BCUT2D eigenvalue weighted by Gasteiger charge is -2.19. The van der Waals surface area contributed by atoms with Crippen molar-refractivity contribution in [2.24, 2.45) is 0 Å². The molecule has 0 aliphatic heterocycles. The maximum Gasteiger partial charge on any atom is 0.0396 e. The predicted octanol–water partition coefficient (Wildman–Crippen LogP) is 3.83. The number of hydrogen-bond acceptors (Lipinski definition) is 0. The van der Waals surface area contributed by atoms with Gasteiger partial charge in [-0.25, -0.2) is 0 Å². The molecule has 0 heterocycles. The van der Waals surface area contributed by atoms with E-state index in [0.717, 1.165) is 5.54 Å². The van der Waals surface area contributed by atoms with E-state index in [9.17, 15) is 0 Å². The summed E-state index contributed by atoms with van der Waals surface area (Å²) in [6.45, 7) is 9.47. The molecule has 0 saturated carbocycles. The van der Waals surface area contributed by atoms with Gasteiger partial charge in [0.25, 0.3) is 0 Å². The summed E-state index contributed by atoms with van der Waals surface area (Å²) in [5.74, 6) is 0. The van der Waals surface area contributed by atoms with Crippen molar-refractivity contribution in [3.05, 3.63) is 0 Å². The Hall–Kier alpha value is 0.217. The first-order valence-corrected chi connectivity index (χ1v) is 7.56. The van der Waals surface area contributed by atoms with E-state index >= 15 is 0 Å². The zero-order chi connectivity index (χ0) is 8.69. The molecule has 0 radical (unpaired) electrons. The van der Waals surface area contributed by atoms with Crippen molar-refractivity contribution in [3.8, 4) is 0 Å². The van der Waals surface area contributed by atoms with Gasteiger partial charge in [0.1, 0.15) is 0 Å². The summed E-state index contributed by atoms with van der Waals surface area (Å²) in [6.07, 6.45) is 4.25. The van der Waals surface area contributed by atoms with E-state index in [-0.39, 0.29) is 8.80 Å². The summed E-state index contributed by atoms with van der Waals surface area (Å²) < 4.78 is 0. The Bertz CT molecular complexity index is 74.9. The molecule has 0 aliphatic carbocycles. The van der Waals surface area contributed by atoms with Crippen molar-refractivity contribution in [2.45, 2.75) is 64.6 Å². The average Bonchev–Trinajstić information content (AvgIpc) is 2.03. The van der Waals surface area contributed by atoms with Crippen molar-refractivity contribution in [1.82, 2.24) is 0 Å². The molecule has 0 aromatic heterocycles. The van der Waals surface area contributed by atoms with Crippen molar-refractivity contribution < 1.29 is 0 Å². The van der Waals surface area contributed by atoms with Crippen LogP contribution in [0.3, 0.4) is 0 Å². The largest absolute Gasteiger partial charge is 0.0657 e. The van der Waals surface area contributed by atoms with Crippen LogP contribution in [-0.2, 0) is 0 Å². The Balaban J connectivity index is 3.66. The second kappa shape index (κ2) is 6.90. The molecule has 0 nitrogen and oxygen atoms in total. The van der Waals surface area contributed by atoms with Crippen LogP contribution in [0.1, 0.15) is 47.0 Å². The molecular formula is C10H24Si. The van der Waals surface area contributed by atoms with Crippen LogP contribution in [0.4, 0.5) is 0 Å². The summed E-state index contributed by atoms with van der Waals surface area (Å²) >= 11 is 0. The molecule has 1 unspecified atom stereocenters. The van der Waals surface area contributed by atoms with E-state index in [1.54, 1.807) is 12.1 Å². The normalized spacial score (nSPS) is 13.9. The number of rotatable bonds is 6. The SMILES string of the molecule is CCC[SiH](CCC)C(C)CC. The van der Waals surface area contributed by atoms with Crippen LogP contribution < -0.4 is 0 Å². The van der Waals surface area contributed by atoms with Crippen molar-refractivity contribution >= 4 is 8.80 Å². The van der Waals surface area contributed by atoms with E-state index < -0.39 is 0 Å². The predicted molar refractivity (Wildman–Crippen MR) is 57.1 cm³/mol. The molecule has 0 rings (SSSR count). The van der Waals surface area contributed by atoms with Crippen molar-refractivity contribution in [3.63, 3.8) is 0 Å². The molecule has 0 bridgehead atoms. The topological polar surface area (TPSA) is 0 Å². The third-order valence-corrected chi connectivity index (χ3v) is 7.49. The van der Waals surface area contributed by atoms with E-state index in [2.05, 4.69) is 27.7 Å². The standard InChI is InChI=1S/C10H24Si/c1-5-8-11(9-6-2)10(4)7-3/h10-11H,5-9H2,1-4H3. The Morgan fingerprint density at radius 3 is 1.73 bits per heavy atom. The summed E-state index contributed by atoms with van der Waals surface area (Å²) in [4.78, 5) is 0. The molecule has 0 amide bonds. The maximum absolute atomic E-state index is 2.46. The zero-order valence-electron chi connectivity index (χ0n) is 8.69. The van der Waals surface area contributed by atoms with Crippen LogP contribution in [0.15, 0.2) is 0 Å². The molecule has 11 heavy (non-hydrogen) atoms. The maximum atomic E-state index is 2.46. The molecular weight excluding hydrogens is 148 g/mol. The van der Waals surface area contributed by atoms with Crippen molar-refractivity contribution in [1.29, 1.82) is 0 Å². The number of hydrogen-bond donors (Lipinski definition) is 0. The zero-order valence-corrected chi connectivity index (χ0v) is 9.84. The lowest BCUT2D eigenvalue weighted by atomic mass is 10.4. The van der Waals surface area contributed by atoms with Gasteiger partial charge in [0, 0.05) is 8.80 Å². The minimum Gasteiger partial charge on any atom is -0.0657 e. The summed E-state index contributed by atoms with van der Waals surface area (Å²) in [5.41, 5.74) is 1.08. The van der Waals surface area contributed by atoms with Crippen molar-refractivity contribution in [2.75, 3.05) is 0 Å². The third kappa shape index (κ3) is 4.62. The molecule has 0 fully saturated rings. The van der Waals surface area contributed by atoms with Gasteiger partial charge in [-0.05, 0) is 0 Å². The van der Waals surface area contributed by atoms with Gasteiger partial charge in [0.05, 0.1) is 0 Å². The molecule has 0 saturated heterocycles. The van der Waals surface area contributed by atoms with Gasteiger partial charge in [-0.3, -0.25) is 0 Å². The first kappa shape index (κ1) is 11.2. The summed E-state index contributed by atoms with van der Waals surface area (Å²) in [6, 6.07) is 3.14. The van der Waals surface area contributed by atoms with E-state index in [1.165, 1.54) is 19.3 Å². The van der Waals surface area contributed by atoms with E-state index in [0.29, 0.717) is 0 Å². The van der Waals surface area contributed by atoms with Crippen LogP contribution in [0.25, 0.3) is 0 Å². The molecule has 0 aliphatic rings. The van der Waals surface area contributed by atoms with E-state index in [4.69, 9.17) is 0 Å². The lowest BCUT2D eigenvalue weighted by molar-refractivity contribution is 0.823. The van der Waals surface area contributed by atoms with Gasteiger partial charge < -0.3 is 0 Å². The fraction of sp³-hybridized carbons (Fsp3) is 1.00. The highest BCUT2D eigenvalue weighted by Gasteiger charge is 2.14. The van der Waals surface area contributed by atoms with Gasteiger partial charge in [-0.2, -0.15) is 0 Å². The second-order valence-electron chi connectivity index (χ2n) is 3.72.